The van der Waals surface area contributed by atoms with E-state index in [1.807, 2.05) is 0 Å². The van der Waals surface area contributed by atoms with E-state index in [9.17, 15) is 18.3 Å². The minimum Gasteiger partial charge on any atom is -0.394 e. The second kappa shape index (κ2) is 6.80. The van der Waals surface area contributed by atoms with Crippen LogP contribution in [0.3, 0.4) is 0 Å². The Balaban J connectivity index is 2.39. The van der Waals surface area contributed by atoms with Crippen molar-refractivity contribution in [3.05, 3.63) is 29.8 Å². The fraction of sp³-hybridized carbons (Fsp3) is 0.533. The Morgan fingerprint density at radius 1 is 1.33 bits per heavy atom. The molecule has 1 aromatic carbocycles. The van der Waals surface area contributed by atoms with Gasteiger partial charge in [0.1, 0.15) is 11.8 Å². The average molecular weight is 396 g/mol. The molecule has 24 heavy (non-hydrogen) atoms. The summed E-state index contributed by atoms with van der Waals surface area (Å²) in [4.78, 5) is 12.5. The topological polar surface area (TPSA) is 83.9 Å². The van der Waals surface area contributed by atoms with Gasteiger partial charge in [0, 0.05) is 6.26 Å². The summed E-state index contributed by atoms with van der Waals surface area (Å²) in [6.45, 7) is 3.00. The van der Waals surface area contributed by atoms with Crippen LogP contribution in [0.15, 0.2) is 29.2 Å². The highest BCUT2D eigenvalue weighted by Crippen LogP contribution is 2.41. The molecule has 2 unspecified atom stereocenters. The van der Waals surface area contributed by atoms with Crippen LogP contribution < -0.4 is 0 Å². The van der Waals surface area contributed by atoms with Gasteiger partial charge in [-0.15, -0.1) is 0 Å². The maximum absolute atomic E-state index is 12.3. The smallest absolute Gasteiger partial charge is 0.258 e. The van der Waals surface area contributed by atoms with Gasteiger partial charge in [-0.1, -0.05) is 35.3 Å². The highest BCUT2D eigenvalue weighted by Gasteiger charge is 2.50. The maximum atomic E-state index is 12.3. The van der Waals surface area contributed by atoms with Crippen LogP contribution in [0.2, 0.25) is 0 Å². The normalized spacial score (nSPS) is 23.7. The summed E-state index contributed by atoms with van der Waals surface area (Å²) >= 11 is 11.4. The first kappa shape index (κ1) is 19.5. The number of sulfone groups is 1. The first-order chi connectivity index (χ1) is 11.0. The molecule has 2 atom stereocenters. The number of amides is 1. The molecule has 1 aliphatic heterocycles. The molecule has 134 valence electrons. The minimum atomic E-state index is -3.31. The van der Waals surface area contributed by atoms with Crippen LogP contribution in [0.1, 0.15) is 25.5 Å². The number of rotatable bonds is 4. The van der Waals surface area contributed by atoms with Gasteiger partial charge in [0.2, 0.25) is 0 Å². The van der Waals surface area contributed by atoms with Gasteiger partial charge in [0.25, 0.3) is 5.91 Å². The molecule has 2 rings (SSSR count). The molecule has 0 saturated carbocycles. The number of halogens is 2. The Labute approximate surface area is 151 Å². The van der Waals surface area contributed by atoms with E-state index >= 15 is 0 Å². The zero-order chi connectivity index (χ0) is 18.3. The molecule has 1 fully saturated rings. The standard InChI is InChI=1S/C15H19Cl2NO5S/c1-15(2)18(14(20)13(16)17)11(8-19)12(23-15)9-4-6-10(7-5-9)24(3,21)22/h4-7,11-13,19H,8H2,1-3H3. The second-order valence-corrected chi connectivity index (χ2v) is 9.20. The highest BCUT2D eigenvalue weighted by molar-refractivity contribution is 7.90. The number of carbonyl (C=O) groups excluding carboxylic acids is 1. The fourth-order valence-electron chi connectivity index (χ4n) is 2.89. The van der Waals surface area contributed by atoms with Crippen molar-refractivity contribution in [2.24, 2.45) is 0 Å². The van der Waals surface area contributed by atoms with E-state index in [1.165, 1.54) is 17.0 Å². The SMILES string of the molecule is CC1(C)OC(c2ccc(S(C)(=O)=O)cc2)C(CO)N1C(=O)C(Cl)Cl. The van der Waals surface area contributed by atoms with Crippen LogP contribution in [0.4, 0.5) is 0 Å². The van der Waals surface area contributed by atoms with Gasteiger partial charge in [0.05, 0.1) is 17.5 Å². The molecule has 1 saturated heterocycles. The summed E-state index contributed by atoms with van der Waals surface area (Å²) in [6.07, 6.45) is 0.490. The fourth-order valence-corrected chi connectivity index (χ4v) is 3.73. The van der Waals surface area contributed by atoms with Gasteiger partial charge in [-0.25, -0.2) is 8.42 Å². The number of ether oxygens (including phenoxy) is 1. The lowest BCUT2D eigenvalue weighted by molar-refractivity contribution is -0.146. The van der Waals surface area contributed by atoms with E-state index in [1.54, 1.807) is 26.0 Å². The molecule has 0 spiro atoms. The lowest BCUT2D eigenvalue weighted by Gasteiger charge is -2.33. The second-order valence-electron chi connectivity index (χ2n) is 6.09. The lowest BCUT2D eigenvalue weighted by atomic mass is 10.0. The number of nitrogens with zero attached hydrogens (tertiary/aromatic N) is 1. The van der Waals surface area contributed by atoms with Crippen molar-refractivity contribution in [1.29, 1.82) is 0 Å². The number of alkyl halides is 2. The Bertz CT molecular complexity index is 718. The van der Waals surface area contributed by atoms with Crippen LogP contribution in [0, 0.1) is 0 Å². The van der Waals surface area contributed by atoms with Crippen molar-refractivity contribution in [2.45, 2.75) is 41.5 Å². The molecular weight excluding hydrogens is 377 g/mol. The van der Waals surface area contributed by atoms with Crippen molar-refractivity contribution in [3.63, 3.8) is 0 Å². The van der Waals surface area contributed by atoms with Gasteiger partial charge in [0.15, 0.2) is 14.7 Å². The average Bonchev–Trinajstić information content (AvgIpc) is 2.76. The number of benzene rings is 1. The zero-order valence-electron chi connectivity index (χ0n) is 13.4. The van der Waals surface area contributed by atoms with Gasteiger partial charge in [-0.3, -0.25) is 4.79 Å². The third-order valence-electron chi connectivity index (χ3n) is 3.92. The van der Waals surface area contributed by atoms with Gasteiger partial charge in [-0.2, -0.15) is 0 Å². The van der Waals surface area contributed by atoms with E-state index in [0.717, 1.165) is 6.26 Å². The van der Waals surface area contributed by atoms with Crippen molar-refractivity contribution < 1.29 is 23.1 Å². The largest absolute Gasteiger partial charge is 0.394 e. The Kier molecular flexibility index (Phi) is 5.52. The van der Waals surface area contributed by atoms with E-state index < -0.39 is 38.5 Å². The molecule has 1 N–H and O–H groups in total. The molecule has 1 heterocycles. The maximum Gasteiger partial charge on any atom is 0.258 e. The van der Waals surface area contributed by atoms with Gasteiger partial charge < -0.3 is 14.7 Å². The van der Waals surface area contributed by atoms with E-state index in [4.69, 9.17) is 27.9 Å². The van der Waals surface area contributed by atoms with Crippen LogP contribution in [0.25, 0.3) is 0 Å². The van der Waals surface area contributed by atoms with E-state index in [0.29, 0.717) is 5.56 Å². The first-order valence-corrected chi connectivity index (χ1v) is 9.95. The van der Waals surface area contributed by atoms with E-state index in [-0.39, 0.29) is 11.5 Å². The summed E-state index contributed by atoms with van der Waals surface area (Å²) in [6, 6.07) is 5.45. The number of carbonyl (C=O) groups is 1. The predicted molar refractivity (Wildman–Crippen MR) is 90.7 cm³/mol. The molecule has 0 radical (unpaired) electrons. The summed E-state index contributed by atoms with van der Waals surface area (Å²) in [5.74, 6) is -0.558. The van der Waals surface area contributed by atoms with Crippen LogP contribution in [-0.4, -0.2) is 53.8 Å². The minimum absolute atomic E-state index is 0.179. The Hall–Kier alpha value is -0.860. The predicted octanol–water partition coefficient (Wildman–Crippen LogP) is 1.89. The lowest BCUT2D eigenvalue weighted by Crippen LogP contribution is -2.51. The zero-order valence-corrected chi connectivity index (χ0v) is 15.8. The number of aliphatic hydroxyl groups excluding tert-OH is 1. The van der Waals surface area contributed by atoms with Gasteiger partial charge in [-0.05, 0) is 31.5 Å². The molecular formula is C15H19Cl2NO5S. The first-order valence-electron chi connectivity index (χ1n) is 7.19. The third kappa shape index (κ3) is 3.70. The number of hydrogen-bond donors (Lipinski definition) is 1. The van der Waals surface area contributed by atoms with Crippen molar-refractivity contribution >= 4 is 38.9 Å². The molecule has 1 amide bonds. The third-order valence-corrected chi connectivity index (χ3v) is 5.43. The van der Waals surface area contributed by atoms with Crippen LogP contribution >= 0.6 is 23.2 Å². The van der Waals surface area contributed by atoms with Crippen molar-refractivity contribution in [3.8, 4) is 0 Å². The molecule has 1 aliphatic rings. The molecule has 0 aliphatic carbocycles. The molecule has 6 nitrogen and oxygen atoms in total. The van der Waals surface area contributed by atoms with E-state index in [2.05, 4.69) is 0 Å². The highest BCUT2D eigenvalue weighted by atomic mass is 35.5. The number of hydrogen-bond acceptors (Lipinski definition) is 5. The monoisotopic (exact) mass is 395 g/mol. The summed E-state index contributed by atoms with van der Waals surface area (Å²) in [5.41, 5.74) is -0.377. The van der Waals surface area contributed by atoms with Gasteiger partial charge >= 0.3 is 0 Å². The summed E-state index contributed by atoms with van der Waals surface area (Å²) in [7, 11) is -3.31. The van der Waals surface area contributed by atoms with Crippen molar-refractivity contribution in [2.75, 3.05) is 12.9 Å². The van der Waals surface area contributed by atoms with Crippen LogP contribution in [0.5, 0.6) is 0 Å². The van der Waals surface area contributed by atoms with Crippen molar-refractivity contribution in [1.82, 2.24) is 4.90 Å². The summed E-state index contributed by atoms with van der Waals surface area (Å²) in [5, 5.41) is 9.76. The Morgan fingerprint density at radius 3 is 2.29 bits per heavy atom. The molecule has 9 heteroatoms. The number of aliphatic hydroxyl groups is 1. The summed E-state index contributed by atoms with van der Waals surface area (Å²) < 4.78 is 29.0. The quantitative estimate of drug-likeness (QED) is 0.786. The molecule has 0 aromatic heterocycles. The van der Waals surface area contributed by atoms with Crippen LogP contribution in [-0.2, 0) is 19.4 Å². The molecule has 1 aromatic rings. The Morgan fingerprint density at radius 2 is 1.88 bits per heavy atom. The molecule has 0 bridgehead atoms.